The first-order valence-electron chi connectivity index (χ1n) is 7.11. The van der Waals surface area contributed by atoms with Crippen LogP contribution >= 0.6 is 0 Å². The number of unbranched alkanes of at least 4 members (excludes halogenated alkanes) is 3. The minimum absolute atomic E-state index is 0.865. The number of rotatable bonds is 9. The van der Waals surface area contributed by atoms with Gasteiger partial charge in [-0.25, -0.2) is 0 Å². The number of hydrogen-bond donors (Lipinski definition) is 0. The van der Waals surface area contributed by atoms with Crippen LogP contribution in [0.3, 0.4) is 0 Å². The minimum Gasteiger partial charge on any atom is -0.0654 e. The second kappa shape index (κ2) is 9.24. The van der Waals surface area contributed by atoms with Crippen molar-refractivity contribution in [3.8, 4) is 0 Å². The van der Waals surface area contributed by atoms with E-state index in [4.69, 9.17) is 0 Å². The molecule has 0 aliphatic heterocycles. The Kier molecular flexibility index (Phi) is 9.24. The molecule has 15 heavy (non-hydrogen) atoms. The fourth-order valence-corrected chi connectivity index (χ4v) is 2.66. The van der Waals surface area contributed by atoms with Crippen LogP contribution in [0.5, 0.6) is 0 Å². The molecule has 0 saturated heterocycles. The lowest BCUT2D eigenvalue weighted by Crippen LogP contribution is -2.13. The predicted molar refractivity (Wildman–Crippen MR) is 71.2 cm³/mol. The van der Waals surface area contributed by atoms with E-state index in [2.05, 4.69) is 34.6 Å². The van der Waals surface area contributed by atoms with E-state index in [1.54, 1.807) is 0 Å². The zero-order valence-electron chi connectivity index (χ0n) is 11.7. The van der Waals surface area contributed by atoms with E-state index in [1.165, 1.54) is 44.9 Å². The first kappa shape index (κ1) is 15.0. The monoisotopic (exact) mass is 212 g/mol. The highest BCUT2D eigenvalue weighted by molar-refractivity contribution is 4.67. The third-order valence-corrected chi connectivity index (χ3v) is 3.60. The van der Waals surface area contributed by atoms with Crippen LogP contribution in [0.1, 0.15) is 79.6 Å². The van der Waals surface area contributed by atoms with Crippen molar-refractivity contribution < 1.29 is 0 Å². The van der Waals surface area contributed by atoms with Gasteiger partial charge in [-0.2, -0.15) is 0 Å². The Morgan fingerprint density at radius 1 is 0.867 bits per heavy atom. The standard InChI is InChI=1S/C15H32/c1-6-8-9-10-11-15(7-2)14(5)12-13(3)4/h13-15H,6-12H2,1-5H3. The molecular weight excluding hydrogens is 180 g/mol. The lowest BCUT2D eigenvalue weighted by Gasteiger charge is -2.24. The second-order valence-corrected chi connectivity index (χ2v) is 5.62. The zero-order chi connectivity index (χ0) is 11.7. The molecule has 0 N–H and O–H groups in total. The molecule has 0 aliphatic carbocycles. The van der Waals surface area contributed by atoms with Crippen LogP contribution in [-0.4, -0.2) is 0 Å². The van der Waals surface area contributed by atoms with Crippen molar-refractivity contribution in [3.05, 3.63) is 0 Å². The molecule has 0 heteroatoms. The normalized spacial score (nSPS) is 15.6. The summed E-state index contributed by atoms with van der Waals surface area (Å²) in [4.78, 5) is 0. The zero-order valence-corrected chi connectivity index (χ0v) is 11.7. The molecule has 0 spiro atoms. The van der Waals surface area contributed by atoms with Gasteiger partial charge in [-0.15, -0.1) is 0 Å². The molecule has 2 atom stereocenters. The van der Waals surface area contributed by atoms with Crippen LogP contribution < -0.4 is 0 Å². The summed E-state index contributed by atoms with van der Waals surface area (Å²) >= 11 is 0. The van der Waals surface area contributed by atoms with Crippen LogP contribution in [0.4, 0.5) is 0 Å². The quantitative estimate of drug-likeness (QED) is 0.432. The van der Waals surface area contributed by atoms with E-state index >= 15 is 0 Å². The van der Waals surface area contributed by atoms with Crippen molar-refractivity contribution >= 4 is 0 Å². The Morgan fingerprint density at radius 3 is 2.00 bits per heavy atom. The smallest absolute Gasteiger partial charge is 0.0391 e. The SMILES string of the molecule is CCCCCCC(CC)C(C)CC(C)C. The van der Waals surface area contributed by atoms with Crippen LogP contribution in [0.15, 0.2) is 0 Å². The lowest BCUT2D eigenvalue weighted by atomic mass is 9.82. The molecule has 0 rings (SSSR count). The molecule has 0 aromatic carbocycles. The minimum atomic E-state index is 0.865. The van der Waals surface area contributed by atoms with Crippen LogP contribution in [-0.2, 0) is 0 Å². The summed E-state index contributed by atoms with van der Waals surface area (Å²) in [5.74, 6) is 2.77. The van der Waals surface area contributed by atoms with E-state index in [1.807, 2.05) is 0 Å². The largest absolute Gasteiger partial charge is 0.0654 e. The molecule has 0 aromatic heterocycles. The van der Waals surface area contributed by atoms with Gasteiger partial charge in [-0.1, -0.05) is 73.1 Å². The molecule has 0 aliphatic rings. The highest BCUT2D eigenvalue weighted by Crippen LogP contribution is 2.27. The average molecular weight is 212 g/mol. The summed E-state index contributed by atoms with van der Waals surface area (Å²) in [6.07, 6.45) is 9.93. The molecule has 0 aromatic rings. The second-order valence-electron chi connectivity index (χ2n) is 5.62. The summed E-state index contributed by atoms with van der Waals surface area (Å²) in [5.41, 5.74) is 0. The van der Waals surface area contributed by atoms with Gasteiger partial charge in [0.2, 0.25) is 0 Å². The number of hydrogen-bond acceptors (Lipinski definition) is 0. The molecule has 2 unspecified atom stereocenters. The van der Waals surface area contributed by atoms with Gasteiger partial charge in [0.05, 0.1) is 0 Å². The van der Waals surface area contributed by atoms with Crippen molar-refractivity contribution in [3.63, 3.8) is 0 Å². The summed E-state index contributed by atoms with van der Waals surface area (Å²) in [6, 6.07) is 0. The van der Waals surface area contributed by atoms with Gasteiger partial charge in [0.15, 0.2) is 0 Å². The molecule has 0 bridgehead atoms. The third-order valence-electron chi connectivity index (χ3n) is 3.60. The van der Waals surface area contributed by atoms with Crippen molar-refractivity contribution in [1.82, 2.24) is 0 Å². The van der Waals surface area contributed by atoms with Crippen molar-refractivity contribution in [2.75, 3.05) is 0 Å². The Morgan fingerprint density at radius 2 is 1.53 bits per heavy atom. The maximum atomic E-state index is 2.45. The van der Waals surface area contributed by atoms with Gasteiger partial charge < -0.3 is 0 Å². The van der Waals surface area contributed by atoms with Gasteiger partial charge in [-0.05, 0) is 24.2 Å². The summed E-state index contributed by atoms with van der Waals surface area (Å²) in [6.45, 7) is 11.8. The van der Waals surface area contributed by atoms with Crippen LogP contribution in [0, 0.1) is 17.8 Å². The van der Waals surface area contributed by atoms with Crippen molar-refractivity contribution in [2.24, 2.45) is 17.8 Å². The molecule has 0 radical (unpaired) electrons. The first-order chi connectivity index (χ1) is 7.11. The van der Waals surface area contributed by atoms with Gasteiger partial charge in [-0.3, -0.25) is 0 Å². The molecule has 0 nitrogen and oxygen atoms in total. The molecular formula is C15H32. The van der Waals surface area contributed by atoms with Gasteiger partial charge in [0, 0.05) is 0 Å². The van der Waals surface area contributed by atoms with E-state index in [-0.39, 0.29) is 0 Å². The van der Waals surface area contributed by atoms with Crippen LogP contribution in [0.2, 0.25) is 0 Å². The summed E-state index contributed by atoms with van der Waals surface area (Å²) in [7, 11) is 0. The average Bonchev–Trinajstić information content (AvgIpc) is 2.16. The summed E-state index contributed by atoms with van der Waals surface area (Å²) in [5, 5.41) is 0. The Bertz CT molecular complexity index is 126. The molecule has 92 valence electrons. The van der Waals surface area contributed by atoms with Crippen LogP contribution in [0.25, 0.3) is 0 Å². The van der Waals surface area contributed by atoms with Gasteiger partial charge in [0.1, 0.15) is 0 Å². The molecule has 0 heterocycles. The van der Waals surface area contributed by atoms with Gasteiger partial charge in [0.25, 0.3) is 0 Å². The fraction of sp³-hybridized carbons (Fsp3) is 1.00. The van der Waals surface area contributed by atoms with E-state index in [0.717, 1.165) is 17.8 Å². The predicted octanol–water partition coefficient (Wildman–Crippen LogP) is 5.67. The third kappa shape index (κ3) is 7.88. The van der Waals surface area contributed by atoms with E-state index in [9.17, 15) is 0 Å². The Balaban J connectivity index is 3.70. The Labute approximate surface area is 97.8 Å². The maximum absolute atomic E-state index is 2.45. The molecule has 0 saturated carbocycles. The highest BCUT2D eigenvalue weighted by atomic mass is 14.2. The summed E-state index contributed by atoms with van der Waals surface area (Å²) < 4.78 is 0. The molecule has 0 fully saturated rings. The van der Waals surface area contributed by atoms with E-state index < -0.39 is 0 Å². The lowest BCUT2D eigenvalue weighted by molar-refractivity contribution is 0.273. The topological polar surface area (TPSA) is 0 Å². The Hall–Kier alpha value is 0. The fourth-order valence-electron chi connectivity index (χ4n) is 2.66. The van der Waals surface area contributed by atoms with Gasteiger partial charge >= 0.3 is 0 Å². The highest BCUT2D eigenvalue weighted by Gasteiger charge is 2.15. The first-order valence-corrected chi connectivity index (χ1v) is 7.11. The molecule has 0 amide bonds. The van der Waals surface area contributed by atoms with Crippen molar-refractivity contribution in [2.45, 2.75) is 79.6 Å². The van der Waals surface area contributed by atoms with Crippen molar-refractivity contribution in [1.29, 1.82) is 0 Å². The maximum Gasteiger partial charge on any atom is -0.0391 e. The van der Waals surface area contributed by atoms with E-state index in [0.29, 0.717) is 0 Å².